The van der Waals surface area contributed by atoms with Crippen molar-refractivity contribution in [3.63, 3.8) is 0 Å². The van der Waals surface area contributed by atoms with E-state index < -0.39 is 0 Å². The summed E-state index contributed by atoms with van der Waals surface area (Å²) in [6.07, 6.45) is 1.96. The van der Waals surface area contributed by atoms with Crippen LogP contribution in [-0.4, -0.2) is 0 Å². The minimum absolute atomic E-state index is 1.23. The van der Waals surface area contributed by atoms with Crippen molar-refractivity contribution in [2.75, 3.05) is 0 Å². The predicted molar refractivity (Wildman–Crippen MR) is 48.3 cm³/mol. The van der Waals surface area contributed by atoms with Gasteiger partial charge in [0.1, 0.15) is 0 Å². The van der Waals surface area contributed by atoms with Crippen LogP contribution in [0.25, 0.3) is 4.91 Å². The van der Waals surface area contributed by atoms with Gasteiger partial charge in [0.15, 0.2) is 0 Å². The molecule has 2 rings (SSSR count). The molecule has 1 aliphatic heterocycles. The number of hydrogen-bond acceptors (Lipinski definition) is 3. The van der Waals surface area contributed by atoms with Crippen LogP contribution < -0.4 is 10.3 Å². The molecule has 1 aromatic carbocycles. The summed E-state index contributed by atoms with van der Waals surface area (Å²) in [5, 5.41) is 0. The van der Waals surface area contributed by atoms with Gasteiger partial charge >= 0.3 is 0 Å². The summed E-state index contributed by atoms with van der Waals surface area (Å²) >= 11 is 1.60. The molecule has 0 saturated carbocycles. The first kappa shape index (κ1) is 6.76. The molecule has 1 aromatic rings. The molecule has 0 amide bonds. The summed E-state index contributed by atoms with van der Waals surface area (Å²) in [6.45, 7) is 0. The molecular formula is C8H8N2S. The molecule has 1 heterocycles. The Hall–Kier alpha value is -0.930. The van der Waals surface area contributed by atoms with Crippen LogP contribution in [0.5, 0.6) is 0 Å². The summed E-state index contributed by atoms with van der Waals surface area (Å²) in [5.74, 6) is 0. The van der Waals surface area contributed by atoms with Crippen LogP contribution in [-0.2, 0) is 0 Å². The van der Waals surface area contributed by atoms with E-state index in [1.165, 1.54) is 10.5 Å². The summed E-state index contributed by atoms with van der Waals surface area (Å²) in [7, 11) is 0. The van der Waals surface area contributed by atoms with E-state index in [1.807, 2.05) is 24.4 Å². The Morgan fingerprint density at radius 3 is 2.55 bits per heavy atom. The van der Waals surface area contributed by atoms with Crippen LogP contribution in [0.1, 0.15) is 5.56 Å². The molecule has 0 radical (unpaired) electrons. The van der Waals surface area contributed by atoms with Crippen molar-refractivity contribution in [3.8, 4) is 0 Å². The Kier molecular flexibility index (Phi) is 1.83. The predicted octanol–water partition coefficient (Wildman–Crippen LogP) is 1.74. The molecule has 0 unspecified atom stereocenters. The Labute approximate surface area is 69.8 Å². The van der Waals surface area contributed by atoms with Crippen molar-refractivity contribution in [2.24, 2.45) is 0 Å². The lowest BCUT2D eigenvalue weighted by Gasteiger charge is -1.96. The zero-order valence-electron chi connectivity index (χ0n) is 5.87. The van der Waals surface area contributed by atoms with Gasteiger partial charge in [0.25, 0.3) is 0 Å². The Bertz CT molecular complexity index is 269. The van der Waals surface area contributed by atoms with Gasteiger partial charge in [0.2, 0.25) is 0 Å². The second-order valence-electron chi connectivity index (χ2n) is 2.22. The maximum absolute atomic E-state index is 2.94. The number of rotatable bonds is 1. The second-order valence-corrected chi connectivity index (χ2v) is 3.07. The molecule has 2 nitrogen and oxygen atoms in total. The SMILES string of the molecule is C1=C(c2ccccc2)SNN1. The molecule has 0 fully saturated rings. The van der Waals surface area contributed by atoms with Crippen LogP contribution in [0.3, 0.4) is 0 Å². The summed E-state index contributed by atoms with van der Waals surface area (Å²) in [4.78, 5) is 4.17. The van der Waals surface area contributed by atoms with Crippen molar-refractivity contribution in [1.82, 2.24) is 10.3 Å². The van der Waals surface area contributed by atoms with Crippen LogP contribution in [0.15, 0.2) is 36.5 Å². The van der Waals surface area contributed by atoms with Crippen LogP contribution in [0.4, 0.5) is 0 Å². The lowest BCUT2D eigenvalue weighted by atomic mass is 10.2. The molecule has 0 spiro atoms. The fourth-order valence-corrected chi connectivity index (χ4v) is 1.55. The van der Waals surface area contributed by atoms with Gasteiger partial charge in [-0.1, -0.05) is 30.3 Å². The number of benzene rings is 1. The van der Waals surface area contributed by atoms with Gasteiger partial charge < -0.3 is 5.43 Å². The maximum atomic E-state index is 2.94. The van der Waals surface area contributed by atoms with E-state index in [1.54, 1.807) is 11.9 Å². The average molecular weight is 164 g/mol. The van der Waals surface area contributed by atoms with E-state index in [0.29, 0.717) is 0 Å². The molecule has 2 N–H and O–H groups in total. The summed E-state index contributed by atoms with van der Waals surface area (Å²) in [5.41, 5.74) is 4.17. The molecule has 0 bridgehead atoms. The third-order valence-electron chi connectivity index (χ3n) is 1.48. The minimum Gasteiger partial charge on any atom is -0.318 e. The molecule has 1 aliphatic rings. The topological polar surface area (TPSA) is 24.1 Å². The fourth-order valence-electron chi connectivity index (χ4n) is 0.954. The van der Waals surface area contributed by atoms with Crippen molar-refractivity contribution in [2.45, 2.75) is 0 Å². The first-order valence-corrected chi connectivity index (χ1v) is 4.21. The van der Waals surface area contributed by atoms with Crippen molar-refractivity contribution >= 4 is 16.9 Å². The number of nitrogens with one attached hydrogen (secondary N) is 2. The van der Waals surface area contributed by atoms with E-state index in [2.05, 4.69) is 22.4 Å². The molecule has 56 valence electrons. The van der Waals surface area contributed by atoms with E-state index in [0.717, 1.165) is 0 Å². The first-order chi connectivity index (χ1) is 5.47. The third-order valence-corrected chi connectivity index (χ3v) is 2.27. The maximum Gasteiger partial charge on any atom is 0.0488 e. The van der Waals surface area contributed by atoms with Gasteiger partial charge in [0, 0.05) is 11.1 Å². The Morgan fingerprint density at radius 1 is 1.09 bits per heavy atom. The molecule has 0 atom stereocenters. The van der Waals surface area contributed by atoms with E-state index in [9.17, 15) is 0 Å². The third kappa shape index (κ3) is 1.39. The average Bonchev–Trinajstić information content (AvgIpc) is 2.58. The zero-order chi connectivity index (χ0) is 7.52. The molecule has 0 aromatic heterocycles. The highest BCUT2D eigenvalue weighted by Gasteiger charge is 2.05. The molecule has 11 heavy (non-hydrogen) atoms. The van der Waals surface area contributed by atoms with Crippen LogP contribution in [0.2, 0.25) is 0 Å². The largest absolute Gasteiger partial charge is 0.318 e. The first-order valence-electron chi connectivity index (χ1n) is 3.40. The van der Waals surface area contributed by atoms with Crippen LogP contribution in [0, 0.1) is 0 Å². The number of hydrogen-bond donors (Lipinski definition) is 2. The van der Waals surface area contributed by atoms with Crippen molar-refractivity contribution < 1.29 is 0 Å². The molecule has 3 heteroatoms. The van der Waals surface area contributed by atoms with Gasteiger partial charge in [-0.2, -0.15) is 4.83 Å². The highest BCUT2D eigenvalue weighted by Crippen LogP contribution is 2.25. The van der Waals surface area contributed by atoms with Crippen molar-refractivity contribution in [1.29, 1.82) is 0 Å². The highest BCUT2D eigenvalue weighted by molar-refractivity contribution is 8.06. The second kappa shape index (κ2) is 2.98. The quantitative estimate of drug-likeness (QED) is 0.618. The number of hydrazine groups is 1. The zero-order valence-corrected chi connectivity index (χ0v) is 6.69. The van der Waals surface area contributed by atoms with Gasteiger partial charge in [-0.15, -0.1) is 0 Å². The summed E-state index contributed by atoms with van der Waals surface area (Å²) in [6, 6.07) is 10.3. The van der Waals surface area contributed by atoms with Gasteiger partial charge in [-0.05, 0) is 17.5 Å². The highest BCUT2D eigenvalue weighted by atomic mass is 32.2. The lowest BCUT2D eigenvalue weighted by Crippen LogP contribution is -2.11. The van der Waals surface area contributed by atoms with Crippen molar-refractivity contribution in [3.05, 3.63) is 42.1 Å². The monoisotopic (exact) mass is 164 g/mol. The van der Waals surface area contributed by atoms with E-state index in [4.69, 9.17) is 0 Å². The molecule has 0 saturated heterocycles. The van der Waals surface area contributed by atoms with Gasteiger partial charge in [-0.3, -0.25) is 0 Å². The minimum atomic E-state index is 1.23. The summed E-state index contributed by atoms with van der Waals surface area (Å²) < 4.78 is 0. The molecular weight excluding hydrogens is 156 g/mol. The standard InChI is InChI=1S/C8H8N2S/c1-2-4-7(5-3-1)8-6-9-10-11-8/h1-6,9-10H. The molecule has 0 aliphatic carbocycles. The smallest absolute Gasteiger partial charge is 0.0488 e. The van der Waals surface area contributed by atoms with Gasteiger partial charge in [-0.25, -0.2) is 0 Å². The Morgan fingerprint density at radius 2 is 1.91 bits per heavy atom. The van der Waals surface area contributed by atoms with E-state index >= 15 is 0 Å². The Balaban J connectivity index is 2.29. The van der Waals surface area contributed by atoms with Crippen LogP contribution >= 0.6 is 11.9 Å². The normalized spacial score (nSPS) is 15.8. The fraction of sp³-hybridized carbons (Fsp3) is 0. The van der Waals surface area contributed by atoms with E-state index in [-0.39, 0.29) is 0 Å². The van der Waals surface area contributed by atoms with Gasteiger partial charge in [0.05, 0.1) is 0 Å². The lowest BCUT2D eigenvalue weighted by molar-refractivity contribution is 0.897.